The van der Waals surface area contributed by atoms with Gasteiger partial charge in [-0.2, -0.15) is 5.26 Å². The van der Waals surface area contributed by atoms with Crippen molar-refractivity contribution in [2.24, 2.45) is 0 Å². The Labute approximate surface area is 125 Å². The monoisotopic (exact) mass is 300 g/mol. The Morgan fingerprint density at radius 3 is 2.67 bits per heavy atom. The predicted octanol–water partition coefficient (Wildman–Crippen LogP) is 3.05. The lowest BCUT2D eigenvalue weighted by Crippen LogP contribution is -2.12. The van der Waals surface area contributed by atoms with Crippen LogP contribution in [0.15, 0.2) is 36.4 Å². The quantitative estimate of drug-likeness (QED) is 0.880. The van der Waals surface area contributed by atoms with Crippen molar-refractivity contribution in [2.45, 2.75) is 6.42 Å². The molecule has 2 rings (SSSR count). The maximum Gasteiger partial charge on any atom is 0.350 e. The SMILES string of the molecule is COC(=O)c1sc(-c2ccccc2)cc1NC(=O)CC#N. The molecule has 1 aromatic heterocycles. The molecule has 0 fully saturated rings. The lowest BCUT2D eigenvalue weighted by atomic mass is 10.2. The van der Waals surface area contributed by atoms with Crippen LogP contribution in [0.4, 0.5) is 5.69 Å². The maximum atomic E-state index is 11.8. The van der Waals surface area contributed by atoms with Crippen LogP contribution in [0.1, 0.15) is 16.1 Å². The van der Waals surface area contributed by atoms with Gasteiger partial charge in [0.2, 0.25) is 5.91 Å². The van der Waals surface area contributed by atoms with Crippen molar-refractivity contribution in [2.75, 3.05) is 12.4 Å². The lowest BCUT2D eigenvalue weighted by molar-refractivity contribution is -0.115. The number of nitrogens with zero attached hydrogens (tertiary/aromatic N) is 1. The van der Waals surface area contributed by atoms with Crippen molar-refractivity contribution < 1.29 is 14.3 Å². The fourth-order valence-electron chi connectivity index (χ4n) is 1.74. The van der Waals surface area contributed by atoms with Crippen LogP contribution < -0.4 is 5.32 Å². The summed E-state index contributed by atoms with van der Waals surface area (Å²) >= 11 is 1.23. The third-order valence-electron chi connectivity index (χ3n) is 2.67. The van der Waals surface area contributed by atoms with E-state index in [-0.39, 0.29) is 6.42 Å². The van der Waals surface area contributed by atoms with Gasteiger partial charge in [0.25, 0.3) is 0 Å². The summed E-state index contributed by atoms with van der Waals surface area (Å²) in [5.74, 6) is -0.977. The number of rotatable bonds is 4. The molecule has 1 N–H and O–H groups in total. The number of methoxy groups -OCH3 is 1. The van der Waals surface area contributed by atoms with Gasteiger partial charge in [-0.05, 0) is 11.6 Å². The van der Waals surface area contributed by atoms with Crippen LogP contribution in [0.3, 0.4) is 0 Å². The maximum absolute atomic E-state index is 11.8. The van der Waals surface area contributed by atoms with E-state index in [1.165, 1.54) is 18.4 Å². The second kappa shape index (κ2) is 6.68. The summed E-state index contributed by atoms with van der Waals surface area (Å²) in [6.07, 6.45) is -0.267. The number of hydrogen-bond donors (Lipinski definition) is 1. The summed E-state index contributed by atoms with van der Waals surface area (Å²) < 4.78 is 4.72. The van der Waals surface area contributed by atoms with Gasteiger partial charge in [0.1, 0.15) is 11.3 Å². The Hall–Kier alpha value is -2.65. The molecule has 0 atom stereocenters. The van der Waals surface area contributed by atoms with E-state index in [0.717, 1.165) is 10.4 Å². The van der Waals surface area contributed by atoms with Crippen LogP contribution in [0, 0.1) is 11.3 Å². The van der Waals surface area contributed by atoms with Gasteiger partial charge in [0, 0.05) is 4.88 Å². The molecule has 1 heterocycles. The minimum atomic E-state index is -0.519. The Morgan fingerprint density at radius 1 is 1.33 bits per heavy atom. The number of carbonyl (C=O) groups excluding carboxylic acids is 2. The van der Waals surface area contributed by atoms with Gasteiger partial charge < -0.3 is 10.1 Å². The van der Waals surface area contributed by atoms with Crippen LogP contribution in [0.25, 0.3) is 10.4 Å². The first-order valence-corrected chi connectivity index (χ1v) is 6.91. The minimum Gasteiger partial charge on any atom is -0.465 e. The molecule has 0 saturated carbocycles. The fraction of sp³-hybridized carbons (Fsp3) is 0.133. The lowest BCUT2D eigenvalue weighted by Gasteiger charge is -2.02. The van der Waals surface area contributed by atoms with E-state index in [1.807, 2.05) is 30.3 Å². The second-order valence-electron chi connectivity index (χ2n) is 4.09. The molecule has 0 saturated heterocycles. The first-order chi connectivity index (χ1) is 10.2. The van der Waals surface area contributed by atoms with Crippen LogP contribution in [0.5, 0.6) is 0 Å². The minimum absolute atomic E-state index is 0.267. The highest BCUT2D eigenvalue weighted by Crippen LogP contribution is 2.35. The summed E-state index contributed by atoms with van der Waals surface area (Å²) in [6.45, 7) is 0. The van der Waals surface area contributed by atoms with E-state index in [4.69, 9.17) is 10.00 Å². The van der Waals surface area contributed by atoms with Crippen molar-refractivity contribution in [3.8, 4) is 16.5 Å². The van der Waals surface area contributed by atoms with Crippen molar-refractivity contribution in [1.29, 1.82) is 5.26 Å². The van der Waals surface area contributed by atoms with Gasteiger partial charge in [-0.1, -0.05) is 30.3 Å². The number of amides is 1. The number of benzene rings is 1. The van der Waals surface area contributed by atoms with Crippen LogP contribution >= 0.6 is 11.3 Å². The summed E-state index contributed by atoms with van der Waals surface area (Å²) in [5.41, 5.74) is 1.30. The summed E-state index contributed by atoms with van der Waals surface area (Å²) in [4.78, 5) is 24.5. The van der Waals surface area contributed by atoms with Gasteiger partial charge in [-0.25, -0.2) is 4.79 Å². The number of carbonyl (C=O) groups is 2. The number of nitriles is 1. The Bertz CT molecular complexity index is 701. The molecule has 0 bridgehead atoms. The average Bonchev–Trinajstić information content (AvgIpc) is 2.91. The normalized spacial score (nSPS) is 9.71. The molecule has 0 unspecified atom stereocenters. The number of esters is 1. The molecule has 0 aliphatic carbocycles. The number of anilines is 1. The first kappa shape index (κ1) is 14.8. The molecule has 0 spiro atoms. The zero-order valence-corrected chi connectivity index (χ0v) is 12.1. The molecule has 0 radical (unpaired) electrons. The van der Waals surface area contributed by atoms with E-state index in [9.17, 15) is 9.59 Å². The third kappa shape index (κ3) is 3.46. The molecule has 0 aliphatic rings. The number of hydrogen-bond acceptors (Lipinski definition) is 5. The van der Waals surface area contributed by atoms with Crippen molar-refractivity contribution in [3.63, 3.8) is 0 Å². The number of thiophene rings is 1. The molecule has 1 amide bonds. The topological polar surface area (TPSA) is 79.2 Å². The van der Waals surface area contributed by atoms with E-state index in [1.54, 1.807) is 12.1 Å². The van der Waals surface area contributed by atoms with Gasteiger partial charge in [0.15, 0.2) is 0 Å². The molecule has 5 nitrogen and oxygen atoms in total. The highest BCUT2D eigenvalue weighted by molar-refractivity contribution is 7.18. The van der Waals surface area contributed by atoms with Crippen molar-refractivity contribution in [1.82, 2.24) is 0 Å². The van der Waals surface area contributed by atoms with Gasteiger partial charge >= 0.3 is 5.97 Å². The largest absolute Gasteiger partial charge is 0.465 e. The molecular formula is C15H12N2O3S. The van der Waals surface area contributed by atoms with E-state index in [2.05, 4.69) is 5.32 Å². The Balaban J connectivity index is 2.38. The number of nitrogens with one attached hydrogen (secondary N) is 1. The molecule has 6 heteroatoms. The van der Waals surface area contributed by atoms with Crippen LogP contribution in [-0.2, 0) is 9.53 Å². The van der Waals surface area contributed by atoms with Crippen molar-refractivity contribution in [3.05, 3.63) is 41.3 Å². The Morgan fingerprint density at radius 2 is 2.05 bits per heavy atom. The third-order valence-corrected chi connectivity index (χ3v) is 3.84. The predicted molar refractivity (Wildman–Crippen MR) is 80.0 cm³/mol. The van der Waals surface area contributed by atoms with E-state index >= 15 is 0 Å². The fourth-order valence-corrected chi connectivity index (χ4v) is 2.78. The zero-order valence-electron chi connectivity index (χ0n) is 11.3. The van der Waals surface area contributed by atoms with E-state index < -0.39 is 11.9 Å². The average molecular weight is 300 g/mol. The van der Waals surface area contributed by atoms with Gasteiger partial charge in [-0.15, -0.1) is 11.3 Å². The summed E-state index contributed by atoms with van der Waals surface area (Å²) in [7, 11) is 1.28. The van der Waals surface area contributed by atoms with Crippen LogP contribution in [-0.4, -0.2) is 19.0 Å². The molecule has 106 valence electrons. The van der Waals surface area contributed by atoms with Gasteiger partial charge in [0.05, 0.1) is 18.9 Å². The van der Waals surface area contributed by atoms with E-state index in [0.29, 0.717) is 10.6 Å². The molecule has 21 heavy (non-hydrogen) atoms. The molecule has 0 aliphatic heterocycles. The first-order valence-electron chi connectivity index (χ1n) is 6.10. The van der Waals surface area contributed by atoms with Crippen LogP contribution in [0.2, 0.25) is 0 Å². The zero-order chi connectivity index (χ0) is 15.2. The Kier molecular flexibility index (Phi) is 4.69. The standard InChI is InChI=1S/C15H12N2O3S/c1-20-15(19)14-11(17-13(18)7-8-16)9-12(21-14)10-5-3-2-4-6-10/h2-6,9H,7H2,1H3,(H,17,18). The number of ether oxygens (including phenoxy) is 1. The van der Waals surface area contributed by atoms with Crippen molar-refractivity contribution >= 4 is 28.9 Å². The summed E-state index contributed by atoms with van der Waals surface area (Å²) in [5, 5.41) is 11.1. The summed E-state index contributed by atoms with van der Waals surface area (Å²) in [6, 6.07) is 13.0. The van der Waals surface area contributed by atoms with Gasteiger partial charge in [-0.3, -0.25) is 4.79 Å². The second-order valence-corrected chi connectivity index (χ2v) is 5.15. The molecule has 1 aromatic carbocycles. The molecule has 2 aromatic rings. The highest BCUT2D eigenvalue weighted by Gasteiger charge is 2.19. The molecular weight excluding hydrogens is 288 g/mol. The highest BCUT2D eigenvalue weighted by atomic mass is 32.1. The smallest absolute Gasteiger partial charge is 0.350 e.